The van der Waals surface area contributed by atoms with Crippen LogP contribution in [0.1, 0.15) is 47.0 Å². The predicted octanol–water partition coefficient (Wildman–Crippen LogP) is 3.07. The fraction of sp³-hybridized carbons (Fsp3) is 0.579. The Morgan fingerprint density at radius 3 is 2.67 bits per heavy atom. The third kappa shape index (κ3) is 7.59. The third-order valence-electron chi connectivity index (χ3n) is 4.00. The second kappa shape index (κ2) is 10.1. The van der Waals surface area contributed by atoms with Crippen molar-refractivity contribution >= 4 is 11.9 Å². The minimum atomic E-state index is -0.419. The Labute approximate surface area is 144 Å². The van der Waals surface area contributed by atoms with Crippen LogP contribution in [0.5, 0.6) is 0 Å². The summed E-state index contributed by atoms with van der Waals surface area (Å²) in [4.78, 5) is 22.8. The van der Waals surface area contributed by atoms with Crippen LogP contribution < -0.4 is 5.32 Å². The van der Waals surface area contributed by atoms with E-state index < -0.39 is 6.10 Å². The van der Waals surface area contributed by atoms with Crippen molar-refractivity contribution in [1.82, 2.24) is 5.32 Å². The van der Waals surface area contributed by atoms with E-state index in [1.165, 1.54) is 13.0 Å². The summed E-state index contributed by atoms with van der Waals surface area (Å²) < 4.78 is 10.9. The topological polar surface area (TPSA) is 64.6 Å². The second-order valence-electron chi connectivity index (χ2n) is 6.22. The van der Waals surface area contributed by atoms with Crippen molar-refractivity contribution in [1.29, 1.82) is 0 Å². The van der Waals surface area contributed by atoms with Crippen molar-refractivity contribution in [3.05, 3.63) is 36.5 Å². The highest BCUT2D eigenvalue weighted by atomic mass is 16.5. The molecule has 0 saturated carbocycles. The Bertz CT molecular complexity index is 509. The third-order valence-corrected chi connectivity index (χ3v) is 4.00. The van der Waals surface area contributed by atoms with Gasteiger partial charge in [0.05, 0.1) is 18.2 Å². The lowest BCUT2D eigenvalue weighted by atomic mass is 9.97. The SMILES string of the molecule is C=CC(C)=CC[C@H]1CC[C@@H](NC(=O)C=CC(C)OC(C)=O)[C@@H](C)O1. The molecule has 0 radical (unpaired) electrons. The van der Waals surface area contributed by atoms with E-state index in [9.17, 15) is 9.59 Å². The molecule has 0 aromatic rings. The van der Waals surface area contributed by atoms with Gasteiger partial charge < -0.3 is 14.8 Å². The number of ether oxygens (including phenoxy) is 2. The van der Waals surface area contributed by atoms with Crippen LogP contribution in [-0.4, -0.2) is 36.2 Å². The van der Waals surface area contributed by atoms with Gasteiger partial charge in [0, 0.05) is 13.0 Å². The number of amides is 1. The number of hydrogen-bond donors (Lipinski definition) is 1. The average Bonchev–Trinajstić information content (AvgIpc) is 2.52. The fourth-order valence-corrected chi connectivity index (χ4v) is 2.59. The van der Waals surface area contributed by atoms with E-state index in [4.69, 9.17) is 9.47 Å². The molecule has 1 aliphatic rings. The Kier molecular flexibility index (Phi) is 8.47. The summed E-state index contributed by atoms with van der Waals surface area (Å²) in [5.41, 5.74) is 1.15. The highest BCUT2D eigenvalue weighted by molar-refractivity contribution is 5.87. The molecule has 0 aliphatic carbocycles. The van der Waals surface area contributed by atoms with Gasteiger partial charge in [0.1, 0.15) is 6.10 Å². The van der Waals surface area contributed by atoms with E-state index in [0.717, 1.165) is 24.8 Å². The molecule has 1 rings (SSSR count). The van der Waals surface area contributed by atoms with Crippen LogP contribution in [0.15, 0.2) is 36.5 Å². The molecule has 1 aliphatic heterocycles. The summed E-state index contributed by atoms with van der Waals surface area (Å²) in [6.07, 6.45) is 9.31. The summed E-state index contributed by atoms with van der Waals surface area (Å²) in [5, 5.41) is 2.95. The molecule has 1 heterocycles. The summed E-state index contributed by atoms with van der Waals surface area (Å²) >= 11 is 0. The van der Waals surface area contributed by atoms with Crippen molar-refractivity contribution in [3.63, 3.8) is 0 Å². The van der Waals surface area contributed by atoms with Gasteiger partial charge in [0.15, 0.2) is 0 Å². The largest absolute Gasteiger partial charge is 0.459 e. The maximum Gasteiger partial charge on any atom is 0.303 e. The van der Waals surface area contributed by atoms with Crippen molar-refractivity contribution in [3.8, 4) is 0 Å². The first-order valence-corrected chi connectivity index (χ1v) is 8.42. The summed E-state index contributed by atoms with van der Waals surface area (Å²) in [6.45, 7) is 10.8. The van der Waals surface area contributed by atoms with Gasteiger partial charge in [0.25, 0.3) is 0 Å². The molecule has 24 heavy (non-hydrogen) atoms. The van der Waals surface area contributed by atoms with E-state index in [1.807, 2.05) is 19.9 Å². The Balaban J connectivity index is 2.42. The molecule has 1 unspecified atom stereocenters. The van der Waals surface area contributed by atoms with Crippen LogP contribution in [0.25, 0.3) is 0 Å². The fourth-order valence-electron chi connectivity index (χ4n) is 2.59. The van der Waals surface area contributed by atoms with E-state index in [1.54, 1.807) is 13.0 Å². The van der Waals surface area contributed by atoms with E-state index in [2.05, 4.69) is 18.0 Å². The molecule has 5 nitrogen and oxygen atoms in total. The first-order chi connectivity index (χ1) is 11.3. The zero-order chi connectivity index (χ0) is 18.1. The number of esters is 1. The van der Waals surface area contributed by atoms with Crippen LogP contribution in [0.4, 0.5) is 0 Å². The van der Waals surface area contributed by atoms with Gasteiger partial charge in [-0.1, -0.05) is 24.3 Å². The normalized spacial score (nSPS) is 26.0. The van der Waals surface area contributed by atoms with Crippen molar-refractivity contribution in [2.45, 2.75) is 71.3 Å². The average molecular weight is 335 g/mol. The molecule has 5 heteroatoms. The number of nitrogens with one attached hydrogen (secondary N) is 1. The van der Waals surface area contributed by atoms with Gasteiger partial charge in [0.2, 0.25) is 5.91 Å². The lowest BCUT2D eigenvalue weighted by Crippen LogP contribution is -2.47. The monoisotopic (exact) mass is 335 g/mol. The number of carbonyl (C=O) groups is 2. The van der Waals surface area contributed by atoms with Crippen LogP contribution in [0.3, 0.4) is 0 Å². The zero-order valence-corrected chi connectivity index (χ0v) is 15.1. The minimum Gasteiger partial charge on any atom is -0.459 e. The zero-order valence-electron chi connectivity index (χ0n) is 15.1. The lowest BCUT2D eigenvalue weighted by Gasteiger charge is -2.34. The number of allylic oxidation sites excluding steroid dienone is 2. The van der Waals surface area contributed by atoms with Gasteiger partial charge in [-0.15, -0.1) is 0 Å². The maximum atomic E-state index is 12.0. The molecule has 0 spiro atoms. The maximum absolute atomic E-state index is 12.0. The molecule has 1 fully saturated rings. The summed E-state index contributed by atoms with van der Waals surface area (Å²) in [7, 11) is 0. The first-order valence-electron chi connectivity index (χ1n) is 8.42. The first kappa shape index (κ1) is 20.2. The quantitative estimate of drug-likeness (QED) is 0.441. The van der Waals surface area contributed by atoms with Gasteiger partial charge in [-0.05, 0) is 46.1 Å². The molecule has 0 bridgehead atoms. The van der Waals surface area contributed by atoms with Crippen molar-refractivity contribution in [2.75, 3.05) is 0 Å². The molecule has 1 saturated heterocycles. The molecular weight excluding hydrogens is 306 g/mol. The van der Waals surface area contributed by atoms with E-state index >= 15 is 0 Å². The Morgan fingerprint density at radius 2 is 2.08 bits per heavy atom. The van der Waals surface area contributed by atoms with Gasteiger partial charge in [-0.3, -0.25) is 9.59 Å². The lowest BCUT2D eigenvalue weighted by molar-refractivity contribution is -0.143. The highest BCUT2D eigenvalue weighted by Crippen LogP contribution is 2.22. The van der Waals surface area contributed by atoms with Gasteiger partial charge in [-0.25, -0.2) is 0 Å². The van der Waals surface area contributed by atoms with Gasteiger partial charge in [-0.2, -0.15) is 0 Å². The smallest absolute Gasteiger partial charge is 0.303 e. The molecular formula is C19H29NO4. The predicted molar refractivity (Wildman–Crippen MR) is 94.4 cm³/mol. The van der Waals surface area contributed by atoms with Crippen molar-refractivity contribution < 1.29 is 19.1 Å². The van der Waals surface area contributed by atoms with Gasteiger partial charge >= 0.3 is 5.97 Å². The van der Waals surface area contributed by atoms with Crippen molar-refractivity contribution in [2.24, 2.45) is 0 Å². The van der Waals surface area contributed by atoms with Crippen LogP contribution in [0.2, 0.25) is 0 Å². The second-order valence-corrected chi connectivity index (χ2v) is 6.22. The summed E-state index contributed by atoms with van der Waals surface area (Å²) in [5.74, 6) is -0.566. The molecule has 134 valence electrons. The summed E-state index contributed by atoms with van der Waals surface area (Å²) in [6, 6.07) is -0.00749. The van der Waals surface area contributed by atoms with Crippen LogP contribution >= 0.6 is 0 Å². The highest BCUT2D eigenvalue weighted by Gasteiger charge is 2.28. The Morgan fingerprint density at radius 1 is 1.38 bits per heavy atom. The molecule has 0 aromatic heterocycles. The standard InChI is InChI=1S/C19H29NO4/c1-6-13(2)7-9-17-10-11-18(15(4)24-17)20-19(22)12-8-14(3)23-16(5)21/h6-8,12,14-15,17-18H,1,9-11H2,2-5H3,(H,20,22)/t14?,15-,17+,18-/m1/s1. The van der Waals surface area contributed by atoms with Crippen LogP contribution in [0, 0.1) is 0 Å². The molecule has 4 atom stereocenters. The molecule has 1 amide bonds. The molecule has 0 aromatic carbocycles. The minimum absolute atomic E-state index is 0.00749. The number of hydrogen-bond acceptors (Lipinski definition) is 4. The number of rotatable bonds is 7. The van der Waals surface area contributed by atoms with E-state index in [0.29, 0.717) is 0 Å². The molecule has 1 N–H and O–H groups in total. The van der Waals surface area contributed by atoms with Crippen LogP contribution in [-0.2, 0) is 19.1 Å². The van der Waals surface area contributed by atoms with E-state index in [-0.39, 0.29) is 30.1 Å². The Hall–Kier alpha value is -1.88. The number of carbonyl (C=O) groups excluding carboxylic acids is 2.